The molecular formula is C28H30N2O6. The molecule has 8 heteroatoms. The smallest absolute Gasteiger partial charge is 0.341 e. The minimum Gasteiger partial charge on any atom is -0.483 e. The Kier molecular flexibility index (Phi) is 7.73. The van der Waals surface area contributed by atoms with E-state index in [9.17, 15) is 14.4 Å². The van der Waals surface area contributed by atoms with Gasteiger partial charge in [-0.25, -0.2) is 4.79 Å². The minimum atomic E-state index is -0.505. The van der Waals surface area contributed by atoms with Gasteiger partial charge in [-0.05, 0) is 43.0 Å². The van der Waals surface area contributed by atoms with Crippen LogP contribution in [0.1, 0.15) is 58.6 Å². The van der Waals surface area contributed by atoms with Crippen LogP contribution < -0.4 is 15.0 Å². The average molecular weight is 491 g/mol. The molecule has 1 N–H and O–H groups in total. The van der Waals surface area contributed by atoms with Crippen molar-refractivity contribution in [3.63, 3.8) is 0 Å². The molecule has 0 bridgehead atoms. The van der Waals surface area contributed by atoms with E-state index in [1.54, 1.807) is 11.0 Å². The van der Waals surface area contributed by atoms with Crippen LogP contribution >= 0.6 is 0 Å². The van der Waals surface area contributed by atoms with Crippen LogP contribution in [0.25, 0.3) is 0 Å². The fraction of sp³-hybridized carbons (Fsp3) is 0.321. The summed E-state index contributed by atoms with van der Waals surface area (Å²) in [6.45, 7) is 3.99. The van der Waals surface area contributed by atoms with Crippen molar-refractivity contribution >= 4 is 23.5 Å². The van der Waals surface area contributed by atoms with E-state index in [0.29, 0.717) is 29.3 Å². The second-order valence-corrected chi connectivity index (χ2v) is 8.82. The number of para-hydroxylation sites is 1. The molecule has 1 atom stereocenters. The lowest BCUT2D eigenvalue weighted by molar-refractivity contribution is -0.121. The maximum Gasteiger partial charge on any atom is 0.341 e. The van der Waals surface area contributed by atoms with E-state index in [1.165, 1.54) is 26.4 Å². The van der Waals surface area contributed by atoms with Gasteiger partial charge >= 0.3 is 5.97 Å². The van der Waals surface area contributed by atoms with Gasteiger partial charge in [0.1, 0.15) is 17.9 Å². The SMILES string of the molecule is COC(=O)c1ccoc1COc1cccc2c1N(C(=O)C[C@@H](NC(C)=O)c1ccc(C)cc1)CCC2. The molecule has 0 unspecified atom stereocenters. The fourth-order valence-electron chi connectivity index (χ4n) is 4.45. The Morgan fingerprint density at radius 1 is 1.11 bits per heavy atom. The van der Waals surface area contributed by atoms with Crippen LogP contribution in [-0.2, 0) is 27.4 Å². The third-order valence-electron chi connectivity index (χ3n) is 6.23. The number of amides is 2. The number of hydrogen-bond acceptors (Lipinski definition) is 6. The van der Waals surface area contributed by atoms with Crippen molar-refractivity contribution in [1.29, 1.82) is 0 Å². The zero-order chi connectivity index (χ0) is 25.7. The Hall–Kier alpha value is -4.07. The number of anilines is 1. The van der Waals surface area contributed by atoms with E-state index in [1.807, 2.05) is 43.3 Å². The molecule has 2 aromatic carbocycles. The van der Waals surface area contributed by atoms with Crippen molar-refractivity contribution in [2.45, 2.75) is 45.8 Å². The van der Waals surface area contributed by atoms with Crippen LogP contribution in [0, 0.1) is 6.92 Å². The molecule has 0 spiro atoms. The number of hydrogen-bond donors (Lipinski definition) is 1. The molecule has 0 radical (unpaired) electrons. The molecule has 8 nitrogen and oxygen atoms in total. The van der Waals surface area contributed by atoms with E-state index >= 15 is 0 Å². The molecule has 1 aliphatic rings. The molecule has 4 rings (SSSR count). The summed E-state index contributed by atoms with van der Waals surface area (Å²) < 4.78 is 16.3. The van der Waals surface area contributed by atoms with Crippen LogP contribution in [0.3, 0.4) is 0 Å². The average Bonchev–Trinajstić information content (AvgIpc) is 3.35. The van der Waals surface area contributed by atoms with Gasteiger partial charge in [-0.3, -0.25) is 9.59 Å². The molecule has 2 amide bonds. The predicted octanol–water partition coefficient (Wildman–Crippen LogP) is 4.50. The highest BCUT2D eigenvalue weighted by Gasteiger charge is 2.29. The maximum absolute atomic E-state index is 13.6. The van der Waals surface area contributed by atoms with Crippen molar-refractivity contribution in [2.75, 3.05) is 18.6 Å². The molecule has 36 heavy (non-hydrogen) atoms. The number of benzene rings is 2. The van der Waals surface area contributed by atoms with Gasteiger partial charge in [-0.15, -0.1) is 0 Å². The van der Waals surface area contributed by atoms with Gasteiger partial charge in [0, 0.05) is 13.5 Å². The molecule has 2 heterocycles. The second-order valence-electron chi connectivity index (χ2n) is 8.82. The number of methoxy groups -OCH3 is 1. The topological polar surface area (TPSA) is 98.1 Å². The zero-order valence-corrected chi connectivity index (χ0v) is 20.7. The largest absolute Gasteiger partial charge is 0.483 e. The summed E-state index contributed by atoms with van der Waals surface area (Å²) in [7, 11) is 1.31. The lowest BCUT2D eigenvalue weighted by Crippen LogP contribution is -2.39. The van der Waals surface area contributed by atoms with Gasteiger partial charge < -0.3 is 24.1 Å². The lowest BCUT2D eigenvalue weighted by Gasteiger charge is -2.32. The number of rotatable bonds is 8. The molecule has 0 saturated heterocycles. The third kappa shape index (κ3) is 5.59. The first kappa shape index (κ1) is 25.0. The quantitative estimate of drug-likeness (QED) is 0.467. The van der Waals surface area contributed by atoms with Gasteiger partial charge in [-0.2, -0.15) is 0 Å². The van der Waals surface area contributed by atoms with E-state index in [0.717, 1.165) is 29.5 Å². The van der Waals surface area contributed by atoms with Gasteiger partial charge in [0.2, 0.25) is 11.8 Å². The summed E-state index contributed by atoms with van der Waals surface area (Å²) in [6, 6.07) is 14.6. The summed E-state index contributed by atoms with van der Waals surface area (Å²) in [5.41, 5.74) is 3.99. The molecule has 188 valence electrons. The van der Waals surface area contributed by atoms with Crippen molar-refractivity contribution in [1.82, 2.24) is 5.32 Å². The summed E-state index contributed by atoms with van der Waals surface area (Å²) in [4.78, 5) is 39.2. The normalized spacial score (nSPS) is 13.5. The van der Waals surface area contributed by atoms with E-state index in [2.05, 4.69) is 5.32 Å². The van der Waals surface area contributed by atoms with E-state index in [4.69, 9.17) is 13.9 Å². The van der Waals surface area contributed by atoms with Crippen LogP contribution in [0.5, 0.6) is 5.75 Å². The first-order valence-corrected chi connectivity index (χ1v) is 11.9. The lowest BCUT2D eigenvalue weighted by atomic mass is 9.98. The highest BCUT2D eigenvalue weighted by Crippen LogP contribution is 2.38. The summed E-state index contributed by atoms with van der Waals surface area (Å²) in [6.07, 6.45) is 3.16. The van der Waals surface area contributed by atoms with Crippen molar-refractivity contribution in [3.05, 3.63) is 82.8 Å². The molecule has 0 fully saturated rings. The number of carbonyl (C=O) groups is 3. The fourth-order valence-corrected chi connectivity index (χ4v) is 4.45. The van der Waals surface area contributed by atoms with Gasteiger partial charge in [0.25, 0.3) is 0 Å². The Labute approximate surface area is 210 Å². The number of aryl methyl sites for hydroxylation is 2. The van der Waals surface area contributed by atoms with Gasteiger partial charge in [-0.1, -0.05) is 42.0 Å². The van der Waals surface area contributed by atoms with E-state index < -0.39 is 12.0 Å². The molecule has 0 aliphatic carbocycles. The predicted molar refractivity (Wildman–Crippen MR) is 134 cm³/mol. The third-order valence-corrected chi connectivity index (χ3v) is 6.23. The monoisotopic (exact) mass is 490 g/mol. The Balaban J connectivity index is 1.57. The van der Waals surface area contributed by atoms with Crippen LogP contribution in [0.15, 0.2) is 59.2 Å². The summed E-state index contributed by atoms with van der Waals surface area (Å²) in [5, 5.41) is 2.92. The van der Waals surface area contributed by atoms with Gasteiger partial charge in [0.15, 0.2) is 5.76 Å². The number of nitrogens with zero attached hydrogens (tertiary/aromatic N) is 1. The number of furan rings is 1. The Morgan fingerprint density at radius 3 is 2.61 bits per heavy atom. The number of carbonyl (C=O) groups excluding carboxylic acids is 3. The molecule has 3 aromatic rings. The first-order valence-electron chi connectivity index (χ1n) is 11.9. The summed E-state index contributed by atoms with van der Waals surface area (Å²) in [5.74, 6) is 0.0580. The second kappa shape index (κ2) is 11.1. The van der Waals surface area contributed by atoms with Crippen molar-refractivity contribution < 1.29 is 28.3 Å². The molecule has 1 aromatic heterocycles. The summed E-state index contributed by atoms with van der Waals surface area (Å²) >= 11 is 0. The zero-order valence-electron chi connectivity index (χ0n) is 20.7. The number of nitrogens with one attached hydrogen (secondary N) is 1. The molecule has 1 aliphatic heterocycles. The van der Waals surface area contributed by atoms with Gasteiger partial charge in [0.05, 0.1) is 31.5 Å². The molecular weight excluding hydrogens is 460 g/mol. The highest BCUT2D eigenvalue weighted by molar-refractivity contribution is 5.97. The van der Waals surface area contributed by atoms with Crippen LogP contribution in [0.2, 0.25) is 0 Å². The standard InChI is InChI=1S/C28H30N2O6/c1-18-9-11-20(12-10-18)23(29-19(2)31)16-26(32)30-14-5-7-21-6-4-8-24(27(21)30)36-17-25-22(13-15-35-25)28(33)34-3/h4,6,8-13,15,23H,5,7,14,16-17H2,1-3H3,(H,29,31)/t23-/m1/s1. The Bertz CT molecular complexity index is 1250. The van der Waals surface area contributed by atoms with Crippen molar-refractivity contribution in [2.24, 2.45) is 0 Å². The number of fused-ring (bicyclic) bond motifs is 1. The van der Waals surface area contributed by atoms with Crippen LogP contribution in [-0.4, -0.2) is 31.4 Å². The Morgan fingerprint density at radius 2 is 1.89 bits per heavy atom. The van der Waals surface area contributed by atoms with Crippen molar-refractivity contribution in [3.8, 4) is 5.75 Å². The van der Waals surface area contributed by atoms with E-state index in [-0.39, 0.29) is 24.8 Å². The minimum absolute atomic E-state index is 0.00774. The highest BCUT2D eigenvalue weighted by atomic mass is 16.5. The number of ether oxygens (including phenoxy) is 2. The molecule has 0 saturated carbocycles. The van der Waals surface area contributed by atoms with Crippen LogP contribution in [0.4, 0.5) is 5.69 Å². The first-order chi connectivity index (χ1) is 17.4. The number of esters is 1. The maximum atomic E-state index is 13.6.